The molecule has 0 aliphatic rings. The normalized spacial score (nSPS) is 12.7. The predicted molar refractivity (Wildman–Crippen MR) is 166 cm³/mol. The minimum absolute atomic E-state index is 0. The first kappa shape index (κ1) is 32.0. The summed E-state index contributed by atoms with van der Waals surface area (Å²) in [6.07, 6.45) is 2.51. The fraction of sp³-hybridized carbons (Fsp3) is 0.148. The van der Waals surface area contributed by atoms with Gasteiger partial charge in [-0.25, -0.2) is 0 Å². The van der Waals surface area contributed by atoms with Crippen molar-refractivity contribution in [1.82, 2.24) is 5.32 Å². The molecule has 0 saturated carbocycles. The molecule has 0 unspecified atom stereocenters. The van der Waals surface area contributed by atoms with Gasteiger partial charge >= 0.3 is 17.1 Å². The van der Waals surface area contributed by atoms with Crippen molar-refractivity contribution >= 4 is 76.6 Å². The Morgan fingerprint density at radius 3 is 1.64 bits per heavy atom. The molecule has 3 rings (SSSR count). The average Bonchev–Trinajstić information content (AvgIpc) is 2.93. The molecule has 3 aromatic rings. The summed E-state index contributed by atoms with van der Waals surface area (Å²) in [6.45, 7) is 0.500. The van der Waals surface area contributed by atoms with E-state index in [1.54, 1.807) is 0 Å². The van der Waals surface area contributed by atoms with Crippen molar-refractivity contribution in [1.29, 1.82) is 0 Å². The van der Waals surface area contributed by atoms with Crippen molar-refractivity contribution in [3.63, 3.8) is 0 Å². The summed E-state index contributed by atoms with van der Waals surface area (Å²) in [5.41, 5.74) is 11.1. The van der Waals surface area contributed by atoms with E-state index < -0.39 is 7.26 Å². The van der Waals surface area contributed by atoms with Gasteiger partial charge in [0.25, 0.3) is 0 Å². The first-order valence-electron chi connectivity index (χ1n) is 11.8. The quantitative estimate of drug-likeness (QED) is 0.0707. The maximum Gasteiger partial charge on any atom is 2.00 e. The minimum Gasteiger partial charge on any atom is -0.741 e. The molecule has 205 valence electrons. The molecule has 0 fully saturated rings. The molecule has 0 bridgehead atoms. The zero-order chi connectivity index (χ0) is 27.2. The average molecular weight is 626 g/mol. The third kappa shape index (κ3) is 9.80. The maximum atomic E-state index is 12.8. The van der Waals surface area contributed by atoms with E-state index >= 15 is 0 Å². The topological polar surface area (TPSA) is 131 Å². The van der Waals surface area contributed by atoms with Crippen LogP contribution in [0.15, 0.2) is 111 Å². The third-order valence-corrected chi connectivity index (χ3v) is 10.2. The number of benzene rings is 3. The van der Waals surface area contributed by atoms with Crippen LogP contribution < -0.4 is 32.7 Å². The van der Waals surface area contributed by atoms with Crippen LogP contribution in [-0.4, -0.2) is 40.9 Å². The van der Waals surface area contributed by atoms with E-state index in [9.17, 15) is 4.79 Å². The molecule has 8 nitrogen and oxygen atoms in total. The summed E-state index contributed by atoms with van der Waals surface area (Å²) in [7, 11) is -2.03. The molecule has 39 heavy (non-hydrogen) atoms. The molecule has 0 saturated heterocycles. The molecule has 0 aliphatic heterocycles. The number of carbonyl (C=O) groups excluding carboxylic acids is 1. The van der Waals surface area contributed by atoms with Gasteiger partial charge in [-0.15, -0.1) is 0 Å². The minimum atomic E-state index is -2.03. The Kier molecular flexibility index (Phi) is 13.7. The Morgan fingerprint density at radius 1 is 0.744 bits per heavy atom. The van der Waals surface area contributed by atoms with Crippen molar-refractivity contribution in [2.75, 3.05) is 12.7 Å². The molecule has 1 radical (unpaired) electrons. The van der Waals surface area contributed by atoms with Gasteiger partial charge in [0.2, 0.25) is 5.91 Å². The van der Waals surface area contributed by atoms with Crippen LogP contribution in [0.2, 0.25) is 0 Å². The van der Waals surface area contributed by atoms with Crippen molar-refractivity contribution in [3.8, 4) is 0 Å². The number of nitrogens with zero attached hydrogens (tertiary/aromatic N) is 4. The van der Waals surface area contributed by atoms with Gasteiger partial charge in [0, 0.05) is 12.8 Å². The summed E-state index contributed by atoms with van der Waals surface area (Å²) in [5, 5.41) is 21.6. The van der Waals surface area contributed by atoms with Crippen molar-refractivity contribution in [3.05, 3.63) is 91.0 Å². The maximum absolute atomic E-state index is 12.8. The van der Waals surface area contributed by atoms with Gasteiger partial charge in [0.15, 0.2) is 0 Å². The van der Waals surface area contributed by atoms with Crippen LogP contribution >= 0.6 is 7.26 Å². The number of hydrogen-bond acceptors (Lipinski definition) is 7. The molecule has 0 spiro atoms. The number of rotatable bonds is 12. The van der Waals surface area contributed by atoms with Gasteiger partial charge in [-0.1, -0.05) is 54.6 Å². The number of amides is 1. The second-order valence-corrected chi connectivity index (χ2v) is 12.6. The Morgan fingerprint density at radius 2 is 1.21 bits per heavy atom. The van der Waals surface area contributed by atoms with E-state index in [0.717, 1.165) is 6.16 Å². The van der Waals surface area contributed by atoms with Gasteiger partial charge in [-0.05, 0) is 46.7 Å². The van der Waals surface area contributed by atoms with E-state index in [2.05, 4.69) is 111 Å². The zero-order valence-electron chi connectivity index (χ0n) is 21.0. The number of carbonyl (C=O) groups is 1. The SMILES string of the molecule is N/C([S-])=N/N=C/C(CCC(=O)NCC[P+](c1ccccc1)(c1ccccc1)c1ccccc1)=N/N=C(/N)[S-].[Cu+2]. The molecule has 1 amide bonds. The van der Waals surface area contributed by atoms with E-state index in [-0.39, 0.29) is 46.2 Å². The number of nitrogens with two attached hydrogens (primary N) is 2. The zero-order valence-corrected chi connectivity index (χ0v) is 24.5. The third-order valence-electron chi connectivity index (χ3n) is 5.61. The summed E-state index contributed by atoms with van der Waals surface area (Å²) in [4.78, 5) is 12.8. The number of nitrogens with one attached hydrogen (secondary N) is 1. The van der Waals surface area contributed by atoms with Crippen LogP contribution in [0.25, 0.3) is 0 Å². The summed E-state index contributed by atoms with van der Waals surface area (Å²) in [5.74, 6) is -0.125. The van der Waals surface area contributed by atoms with Gasteiger partial charge in [0.05, 0.1) is 24.6 Å². The molecular formula is C27H29CuN7OPS2+. The van der Waals surface area contributed by atoms with Gasteiger partial charge < -0.3 is 42.0 Å². The summed E-state index contributed by atoms with van der Waals surface area (Å²) in [6, 6.07) is 31.6. The van der Waals surface area contributed by atoms with Crippen LogP contribution in [-0.2, 0) is 47.1 Å². The Hall–Kier alpha value is -3.20. The van der Waals surface area contributed by atoms with E-state index in [1.807, 2.05) is 18.2 Å². The number of amidine groups is 2. The fourth-order valence-corrected chi connectivity index (χ4v) is 8.23. The second-order valence-electron chi connectivity index (χ2n) is 8.10. The monoisotopic (exact) mass is 625 g/mol. The first-order chi connectivity index (χ1) is 18.4. The molecule has 3 aromatic carbocycles. The van der Waals surface area contributed by atoms with E-state index in [1.165, 1.54) is 22.1 Å². The predicted octanol–water partition coefficient (Wildman–Crippen LogP) is 1.94. The first-order valence-corrected chi connectivity index (χ1v) is 14.6. The molecule has 0 aromatic heterocycles. The molecular weight excluding hydrogens is 597 g/mol. The van der Waals surface area contributed by atoms with Crippen molar-refractivity contribution < 1.29 is 21.9 Å². The van der Waals surface area contributed by atoms with Crippen molar-refractivity contribution in [2.45, 2.75) is 12.8 Å². The van der Waals surface area contributed by atoms with Crippen LogP contribution in [0, 0.1) is 0 Å². The standard InChI is InChI=1S/C27H30N7OPS2.Cu/c28-26(37)33-31-20-21(32-34-27(29)38)16-17-25(35)30-18-19-36(22-10-4-1-5-11-22,23-12-6-2-7-13-23)24-14-8-3-9-15-24;/h1-15,20H,16-19H2,(H6-,28,29,30,31,32,33,34,35,37,38);/q;+2/p-1. The molecule has 5 N–H and O–H groups in total. The Labute approximate surface area is 251 Å². The van der Waals surface area contributed by atoms with Crippen LogP contribution in [0.3, 0.4) is 0 Å². The largest absolute Gasteiger partial charge is 2.00 e. The van der Waals surface area contributed by atoms with Gasteiger partial charge in [0.1, 0.15) is 23.2 Å². The van der Waals surface area contributed by atoms with Crippen LogP contribution in [0.4, 0.5) is 0 Å². The second kappa shape index (κ2) is 16.7. The smallest absolute Gasteiger partial charge is 0.741 e. The molecule has 12 heteroatoms. The Bertz CT molecular complexity index is 1200. The van der Waals surface area contributed by atoms with Crippen LogP contribution in [0.1, 0.15) is 12.8 Å². The number of hydrogen-bond donors (Lipinski definition) is 3. The fourth-order valence-electron chi connectivity index (χ4n) is 3.98. The molecule has 0 heterocycles. The van der Waals surface area contributed by atoms with E-state index in [0.29, 0.717) is 12.3 Å². The molecule has 0 atom stereocenters. The van der Waals surface area contributed by atoms with E-state index in [4.69, 9.17) is 24.1 Å². The van der Waals surface area contributed by atoms with Crippen LogP contribution in [0.5, 0.6) is 0 Å². The summed E-state index contributed by atoms with van der Waals surface area (Å²) >= 11 is 9.41. The summed E-state index contributed by atoms with van der Waals surface area (Å²) < 4.78 is 0. The van der Waals surface area contributed by atoms with Gasteiger partial charge in [-0.2, -0.15) is 20.4 Å². The Balaban J connectivity index is 0.00000533. The molecule has 0 aliphatic carbocycles. The van der Waals surface area contributed by atoms with Crippen molar-refractivity contribution in [2.24, 2.45) is 31.9 Å². The van der Waals surface area contributed by atoms with Gasteiger partial charge in [-0.3, -0.25) is 4.79 Å².